The van der Waals surface area contributed by atoms with Crippen LogP contribution in [0.25, 0.3) is 0 Å². The van der Waals surface area contributed by atoms with Gasteiger partial charge < -0.3 is 5.32 Å². The number of nitrogens with one attached hydrogen (secondary N) is 1. The van der Waals surface area contributed by atoms with Crippen LogP contribution in [0.15, 0.2) is 18.2 Å². The number of benzene rings is 1. The van der Waals surface area contributed by atoms with E-state index < -0.39 is 0 Å². The number of aryl methyl sites for hydroxylation is 2. The Morgan fingerprint density at radius 2 is 2.00 bits per heavy atom. The lowest BCUT2D eigenvalue weighted by Crippen LogP contribution is -2.32. The standard InChI is InChI=1S/C19H26N2O2S2/c1-4-16-18(23)21(19(24)25-16)11-7-5-6-8-17(22)20-15-10-9-13(2)14(3)12-15/h9-10,12,16H,4-8,11H2,1-3H3,(H,20,22). The Morgan fingerprint density at radius 3 is 2.64 bits per heavy atom. The molecule has 1 unspecified atom stereocenters. The Kier molecular flexibility index (Phi) is 7.44. The number of amides is 2. The van der Waals surface area contributed by atoms with Gasteiger partial charge in [0, 0.05) is 18.7 Å². The second-order valence-corrected chi connectivity index (χ2v) is 8.26. The van der Waals surface area contributed by atoms with Crippen molar-refractivity contribution >= 4 is 45.8 Å². The maximum absolute atomic E-state index is 12.1. The summed E-state index contributed by atoms with van der Waals surface area (Å²) in [6.07, 6.45) is 3.92. The van der Waals surface area contributed by atoms with E-state index in [1.54, 1.807) is 4.90 Å². The van der Waals surface area contributed by atoms with E-state index in [9.17, 15) is 9.59 Å². The third-order valence-electron chi connectivity index (χ3n) is 4.45. The van der Waals surface area contributed by atoms with Gasteiger partial charge in [-0.3, -0.25) is 14.5 Å². The van der Waals surface area contributed by atoms with Crippen molar-refractivity contribution in [2.75, 3.05) is 11.9 Å². The molecule has 0 radical (unpaired) electrons. The minimum Gasteiger partial charge on any atom is -0.326 e. The maximum atomic E-state index is 12.1. The largest absolute Gasteiger partial charge is 0.326 e. The Morgan fingerprint density at radius 1 is 1.24 bits per heavy atom. The van der Waals surface area contributed by atoms with E-state index in [2.05, 4.69) is 12.2 Å². The summed E-state index contributed by atoms with van der Waals surface area (Å²) >= 11 is 6.77. The van der Waals surface area contributed by atoms with Gasteiger partial charge in [0.25, 0.3) is 0 Å². The predicted octanol–water partition coefficient (Wildman–Crippen LogP) is 4.44. The fourth-order valence-electron chi connectivity index (χ4n) is 2.73. The number of carbonyl (C=O) groups is 2. The van der Waals surface area contributed by atoms with E-state index in [1.807, 2.05) is 32.0 Å². The van der Waals surface area contributed by atoms with Gasteiger partial charge in [0.05, 0.1) is 5.25 Å². The molecule has 4 nitrogen and oxygen atoms in total. The van der Waals surface area contributed by atoms with Gasteiger partial charge in [0.2, 0.25) is 11.8 Å². The van der Waals surface area contributed by atoms with Crippen LogP contribution in [0, 0.1) is 13.8 Å². The first-order chi connectivity index (χ1) is 11.9. The van der Waals surface area contributed by atoms with Crippen molar-refractivity contribution in [3.05, 3.63) is 29.3 Å². The minimum atomic E-state index is -0.00348. The van der Waals surface area contributed by atoms with Crippen LogP contribution in [-0.2, 0) is 9.59 Å². The Labute approximate surface area is 159 Å². The van der Waals surface area contributed by atoms with E-state index >= 15 is 0 Å². The van der Waals surface area contributed by atoms with Crippen molar-refractivity contribution in [2.45, 2.75) is 58.1 Å². The van der Waals surface area contributed by atoms with Gasteiger partial charge in [-0.25, -0.2) is 0 Å². The van der Waals surface area contributed by atoms with Gasteiger partial charge >= 0.3 is 0 Å². The summed E-state index contributed by atoms with van der Waals surface area (Å²) in [4.78, 5) is 25.9. The number of hydrogen-bond acceptors (Lipinski definition) is 4. The molecule has 2 rings (SSSR count). The van der Waals surface area contributed by atoms with Crippen molar-refractivity contribution < 1.29 is 9.59 Å². The van der Waals surface area contributed by atoms with E-state index in [1.165, 1.54) is 22.9 Å². The van der Waals surface area contributed by atoms with Gasteiger partial charge in [-0.1, -0.05) is 43.4 Å². The first kappa shape index (κ1) is 19.9. The molecule has 0 saturated carbocycles. The normalized spacial score (nSPS) is 17.2. The molecule has 0 aromatic heterocycles. The molecule has 0 aliphatic carbocycles. The molecule has 1 atom stereocenters. The van der Waals surface area contributed by atoms with Crippen LogP contribution in [0.5, 0.6) is 0 Å². The van der Waals surface area contributed by atoms with E-state index in [0.29, 0.717) is 17.3 Å². The summed E-state index contributed by atoms with van der Waals surface area (Å²) in [6, 6.07) is 5.94. The second kappa shape index (κ2) is 9.34. The zero-order chi connectivity index (χ0) is 18.4. The quantitative estimate of drug-likeness (QED) is 0.537. The predicted molar refractivity (Wildman–Crippen MR) is 109 cm³/mol. The van der Waals surface area contributed by atoms with Crippen molar-refractivity contribution in [1.82, 2.24) is 4.90 Å². The van der Waals surface area contributed by atoms with E-state index in [4.69, 9.17) is 12.2 Å². The highest BCUT2D eigenvalue weighted by atomic mass is 32.2. The number of rotatable bonds is 8. The van der Waals surface area contributed by atoms with Crippen LogP contribution in [-0.4, -0.2) is 32.8 Å². The summed E-state index contributed by atoms with van der Waals surface area (Å²) in [6.45, 7) is 6.77. The highest BCUT2D eigenvalue weighted by molar-refractivity contribution is 8.24. The maximum Gasteiger partial charge on any atom is 0.241 e. The molecule has 6 heteroatoms. The van der Waals surface area contributed by atoms with Crippen LogP contribution in [0.2, 0.25) is 0 Å². The highest BCUT2D eigenvalue weighted by Gasteiger charge is 2.34. The molecule has 0 spiro atoms. The summed E-state index contributed by atoms with van der Waals surface area (Å²) in [5, 5.41) is 2.94. The zero-order valence-electron chi connectivity index (χ0n) is 15.1. The van der Waals surface area contributed by atoms with Crippen molar-refractivity contribution in [2.24, 2.45) is 0 Å². The van der Waals surface area contributed by atoms with Crippen molar-refractivity contribution in [3.8, 4) is 0 Å². The molecular weight excluding hydrogens is 352 g/mol. The van der Waals surface area contributed by atoms with E-state index in [-0.39, 0.29) is 17.1 Å². The molecule has 1 N–H and O–H groups in total. The molecular formula is C19H26N2O2S2. The molecule has 1 aliphatic rings. The van der Waals surface area contributed by atoms with E-state index in [0.717, 1.165) is 31.4 Å². The van der Waals surface area contributed by atoms with Gasteiger partial charge in [-0.2, -0.15) is 0 Å². The lowest BCUT2D eigenvalue weighted by Gasteiger charge is -2.15. The average Bonchev–Trinajstić information content (AvgIpc) is 2.85. The molecule has 1 aliphatic heterocycles. The van der Waals surface area contributed by atoms with Crippen LogP contribution in [0.1, 0.15) is 50.2 Å². The number of nitrogens with zero attached hydrogens (tertiary/aromatic N) is 1. The molecule has 1 aromatic rings. The van der Waals surface area contributed by atoms with Crippen LogP contribution < -0.4 is 5.32 Å². The monoisotopic (exact) mass is 378 g/mol. The Hall–Kier alpha value is -1.40. The number of unbranched alkanes of at least 4 members (excludes halogenated alkanes) is 2. The van der Waals surface area contributed by atoms with Gasteiger partial charge in [0.1, 0.15) is 4.32 Å². The minimum absolute atomic E-state index is 0.00348. The van der Waals surface area contributed by atoms with Crippen LogP contribution in [0.4, 0.5) is 5.69 Å². The molecule has 2 amide bonds. The third kappa shape index (κ3) is 5.54. The summed E-state index contributed by atoms with van der Waals surface area (Å²) in [5.41, 5.74) is 3.24. The zero-order valence-corrected chi connectivity index (χ0v) is 16.8. The number of hydrogen-bond donors (Lipinski definition) is 1. The summed E-state index contributed by atoms with van der Waals surface area (Å²) in [5.74, 6) is 0.183. The molecule has 136 valence electrons. The van der Waals surface area contributed by atoms with Crippen LogP contribution in [0.3, 0.4) is 0 Å². The molecule has 1 fully saturated rings. The molecule has 0 bridgehead atoms. The summed E-state index contributed by atoms with van der Waals surface area (Å²) < 4.78 is 0.698. The van der Waals surface area contributed by atoms with Crippen molar-refractivity contribution in [1.29, 1.82) is 0 Å². The number of thioether (sulfide) groups is 1. The average molecular weight is 379 g/mol. The third-order valence-corrected chi connectivity index (χ3v) is 6.20. The molecule has 25 heavy (non-hydrogen) atoms. The first-order valence-corrected chi connectivity index (χ1v) is 10.1. The Bertz CT molecular complexity index is 661. The lowest BCUT2D eigenvalue weighted by molar-refractivity contribution is -0.126. The van der Waals surface area contributed by atoms with Crippen molar-refractivity contribution in [3.63, 3.8) is 0 Å². The van der Waals surface area contributed by atoms with Crippen LogP contribution >= 0.6 is 24.0 Å². The lowest BCUT2D eigenvalue weighted by atomic mass is 10.1. The fraction of sp³-hybridized carbons (Fsp3) is 0.526. The first-order valence-electron chi connectivity index (χ1n) is 8.81. The molecule has 1 saturated heterocycles. The van der Waals surface area contributed by atoms with Gasteiger partial charge in [0.15, 0.2) is 0 Å². The fourth-order valence-corrected chi connectivity index (χ4v) is 4.21. The number of anilines is 1. The molecule has 1 aromatic carbocycles. The number of thiocarbonyl (C=S) groups is 1. The summed E-state index contributed by atoms with van der Waals surface area (Å²) in [7, 11) is 0. The number of carbonyl (C=O) groups excluding carboxylic acids is 2. The topological polar surface area (TPSA) is 49.4 Å². The molecule has 1 heterocycles. The highest BCUT2D eigenvalue weighted by Crippen LogP contribution is 2.29. The van der Waals surface area contributed by atoms with Gasteiger partial charge in [-0.15, -0.1) is 0 Å². The van der Waals surface area contributed by atoms with Gasteiger partial charge in [-0.05, 0) is 56.4 Å². The SMILES string of the molecule is CCC1SC(=S)N(CCCCCC(=O)Nc2ccc(C)c(C)c2)C1=O. The second-order valence-electron chi connectivity index (χ2n) is 6.43. The Balaban J connectivity index is 1.66. The smallest absolute Gasteiger partial charge is 0.241 e.